The summed E-state index contributed by atoms with van der Waals surface area (Å²) in [6, 6.07) is 3.16. The summed E-state index contributed by atoms with van der Waals surface area (Å²) in [7, 11) is 0. The number of nitrogens with zero attached hydrogens (tertiary/aromatic N) is 2. The molecule has 0 unspecified atom stereocenters. The van der Waals surface area contributed by atoms with Gasteiger partial charge in [0.1, 0.15) is 5.75 Å². The number of nitrogens with one attached hydrogen (secondary N) is 1. The molecule has 1 atom stereocenters. The number of amides is 1. The Morgan fingerprint density at radius 2 is 2.33 bits per heavy atom. The SMILES string of the molecule is Cl.N[C@H]1CCc2nc(NC(=O)c3ncccc3O)sc2C1. The zero-order chi connectivity index (χ0) is 14.1. The fourth-order valence-corrected chi connectivity index (χ4v) is 3.28. The summed E-state index contributed by atoms with van der Waals surface area (Å²) in [5.74, 6) is -0.605. The first kappa shape index (κ1) is 15.7. The molecule has 1 amide bonds. The van der Waals surface area contributed by atoms with Crippen LogP contribution in [0.15, 0.2) is 18.3 Å². The van der Waals surface area contributed by atoms with E-state index in [1.807, 2.05) is 0 Å². The van der Waals surface area contributed by atoms with Crippen molar-refractivity contribution in [3.63, 3.8) is 0 Å². The second kappa shape index (κ2) is 6.38. The molecular formula is C13H15ClN4O2S. The van der Waals surface area contributed by atoms with Gasteiger partial charge >= 0.3 is 0 Å². The lowest BCUT2D eigenvalue weighted by Crippen LogP contribution is -2.27. The van der Waals surface area contributed by atoms with E-state index in [4.69, 9.17) is 5.73 Å². The maximum absolute atomic E-state index is 12.0. The van der Waals surface area contributed by atoms with Gasteiger partial charge in [-0.05, 0) is 31.4 Å². The van der Waals surface area contributed by atoms with E-state index in [9.17, 15) is 9.90 Å². The van der Waals surface area contributed by atoms with Crippen LogP contribution in [0.25, 0.3) is 0 Å². The van der Waals surface area contributed by atoms with Crippen LogP contribution < -0.4 is 11.1 Å². The third kappa shape index (κ3) is 3.31. The number of thiazole rings is 1. The Morgan fingerprint density at radius 3 is 3.10 bits per heavy atom. The predicted molar refractivity (Wildman–Crippen MR) is 83.2 cm³/mol. The minimum atomic E-state index is -0.460. The highest BCUT2D eigenvalue weighted by Gasteiger charge is 2.21. The first-order valence-corrected chi connectivity index (χ1v) is 7.14. The number of aromatic hydroxyl groups is 1. The molecule has 0 fully saturated rings. The molecule has 0 spiro atoms. The zero-order valence-corrected chi connectivity index (χ0v) is 12.7. The fraction of sp³-hybridized carbons (Fsp3) is 0.308. The molecule has 4 N–H and O–H groups in total. The number of anilines is 1. The van der Waals surface area contributed by atoms with E-state index in [1.165, 1.54) is 23.6 Å². The van der Waals surface area contributed by atoms with Crippen LogP contribution in [0.3, 0.4) is 0 Å². The van der Waals surface area contributed by atoms with Crippen LogP contribution in [-0.2, 0) is 12.8 Å². The monoisotopic (exact) mass is 326 g/mol. The van der Waals surface area contributed by atoms with E-state index < -0.39 is 5.91 Å². The van der Waals surface area contributed by atoms with Crippen LogP contribution in [0, 0.1) is 0 Å². The van der Waals surface area contributed by atoms with Crippen molar-refractivity contribution in [3.05, 3.63) is 34.6 Å². The summed E-state index contributed by atoms with van der Waals surface area (Å²) in [4.78, 5) is 21.4. The van der Waals surface area contributed by atoms with Crippen molar-refractivity contribution in [2.45, 2.75) is 25.3 Å². The fourth-order valence-electron chi connectivity index (χ4n) is 2.18. The van der Waals surface area contributed by atoms with Crippen molar-refractivity contribution in [1.29, 1.82) is 0 Å². The van der Waals surface area contributed by atoms with Crippen molar-refractivity contribution >= 4 is 34.8 Å². The summed E-state index contributed by atoms with van der Waals surface area (Å²) in [5.41, 5.74) is 6.93. The van der Waals surface area contributed by atoms with E-state index >= 15 is 0 Å². The molecule has 1 aliphatic rings. The lowest BCUT2D eigenvalue weighted by molar-refractivity contribution is 0.101. The second-order valence-electron chi connectivity index (χ2n) is 4.72. The molecule has 8 heteroatoms. The lowest BCUT2D eigenvalue weighted by atomic mass is 9.99. The van der Waals surface area contributed by atoms with Crippen LogP contribution in [0.4, 0.5) is 5.13 Å². The van der Waals surface area contributed by atoms with Gasteiger partial charge in [-0.25, -0.2) is 9.97 Å². The largest absolute Gasteiger partial charge is 0.505 e. The van der Waals surface area contributed by atoms with E-state index in [0.29, 0.717) is 5.13 Å². The van der Waals surface area contributed by atoms with E-state index in [-0.39, 0.29) is 29.9 Å². The van der Waals surface area contributed by atoms with Crippen LogP contribution in [0.1, 0.15) is 27.5 Å². The number of carbonyl (C=O) groups excluding carboxylic acids is 1. The van der Waals surface area contributed by atoms with Crippen molar-refractivity contribution in [2.75, 3.05) is 5.32 Å². The van der Waals surface area contributed by atoms with Crippen molar-refractivity contribution < 1.29 is 9.90 Å². The van der Waals surface area contributed by atoms with Crippen molar-refractivity contribution in [3.8, 4) is 5.75 Å². The Hall–Kier alpha value is -1.70. The summed E-state index contributed by atoms with van der Waals surface area (Å²) < 4.78 is 0. The number of fused-ring (bicyclic) bond motifs is 1. The van der Waals surface area contributed by atoms with Crippen LogP contribution in [-0.4, -0.2) is 27.0 Å². The number of hydrogen-bond donors (Lipinski definition) is 3. The molecule has 21 heavy (non-hydrogen) atoms. The third-order valence-corrected chi connectivity index (χ3v) is 4.24. The van der Waals surface area contributed by atoms with Crippen LogP contribution >= 0.6 is 23.7 Å². The van der Waals surface area contributed by atoms with Crippen LogP contribution in [0.5, 0.6) is 5.75 Å². The van der Waals surface area contributed by atoms with Crippen molar-refractivity contribution in [1.82, 2.24) is 9.97 Å². The van der Waals surface area contributed by atoms with Gasteiger partial charge in [0.25, 0.3) is 5.91 Å². The highest BCUT2D eigenvalue weighted by Crippen LogP contribution is 2.29. The maximum atomic E-state index is 12.0. The van der Waals surface area contributed by atoms with Gasteiger partial charge in [0.05, 0.1) is 5.69 Å². The number of carbonyl (C=O) groups is 1. The molecule has 1 aliphatic carbocycles. The molecule has 0 aliphatic heterocycles. The Balaban J connectivity index is 0.00000161. The van der Waals surface area contributed by atoms with E-state index in [1.54, 1.807) is 6.07 Å². The van der Waals surface area contributed by atoms with Gasteiger partial charge < -0.3 is 10.8 Å². The highest BCUT2D eigenvalue weighted by molar-refractivity contribution is 7.15. The summed E-state index contributed by atoms with van der Waals surface area (Å²) in [6.45, 7) is 0. The number of aromatic nitrogens is 2. The summed E-state index contributed by atoms with van der Waals surface area (Å²) >= 11 is 1.44. The van der Waals surface area contributed by atoms with Gasteiger partial charge in [-0.15, -0.1) is 23.7 Å². The van der Waals surface area contributed by atoms with Gasteiger partial charge in [-0.2, -0.15) is 0 Å². The first-order chi connectivity index (χ1) is 9.63. The second-order valence-corrected chi connectivity index (χ2v) is 5.80. The third-order valence-electron chi connectivity index (χ3n) is 3.20. The number of aryl methyl sites for hydroxylation is 1. The minimum Gasteiger partial charge on any atom is -0.505 e. The number of hydrogen-bond acceptors (Lipinski definition) is 6. The molecule has 112 valence electrons. The summed E-state index contributed by atoms with van der Waals surface area (Å²) in [6.07, 6.45) is 4.03. The van der Waals surface area contributed by atoms with Gasteiger partial charge in [0.15, 0.2) is 10.8 Å². The predicted octanol–water partition coefficient (Wildman–Crippen LogP) is 1.73. The first-order valence-electron chi connectivity index (χ1n) is 6.33. The standard InChI is InChI=1S/C13H14N4O2S.ClH/c14-7-3-4-8-10(6-7)20-13(16-8)17-12(19)11-9(18)2-1-5-15-11;/h1-2,5,7,18H,3-4,6,14H2,(H,16,17,19);1H/t7-;/m0./s1. The molecule has 2 heterocycles. The molecule has 0 bridgehead atoms. The normalized spacial score (nSPS) is 16.7. The highest BCUT2D eigenvalue weighted by atomic mass is 35.5. The molecule has 6 nitrogen and oxygen atoms in total. The van der Waals surface area contributed by atoms with E-state index in [2.05, 4.69) is 15.3 Å². The maximum Gasteiger partial charge on any atom is 0.279 e. The Kier molecular flexibility index (Phi) is 4.76. The van der Waals surface area contributed by atoms with Gasteiger partial charge in [-0.3, -0.25) is 10.1 Å². The average molecular weight is 327 g/mol. The molecule has 0 aromatic carbocycles. The zero-order valence-electron chi connectivity index (χ0n) is 11.1. The molecule has 2 aromatic rings. The van der Waals surface area contributed by atoms with Crippen LogP contribution in [0.2, 0.25) is 0 Å². The number of halogens is 1. The molecule has 0 radical (unpaired) electrons. The number of rotatable bonds is 2. The van der Waals surface area contributed by atoms with Gasteiger partial charge in [0, 0.05) is 17.1 Å². The Bertz CT molecular complexity index is 661. The van der Waals surface area contributed by atoms with Crippen molar-refractivity contribution in [2.24, 2.45) is 5.73 Å². The lowest BCUT2D eigenvalue weighted by Gasteiger charge is -2.15. The number of pyridine rings is 1. The Labute approximate surface area is 131 Å². The molecular weight excluding hydrogens is 312 g/mol. The number of nitrogens with two attached hydrogens (primary N) is 1. The summed E-state index contributed by atoms with van der Waals surface area (Å²) in [5, 5.41) is 12.8. The molecule has 0 saturated heterocycles. The molecule has 0 saturated carbocycles. The van der Waals surface area contributed by atoms with E-state index in [0.717, 1.165) is 29.8 Å². The minimum absolute atomic E-state index is 0. The molecule has 3 rings (SSSR count). The quantitative estimate of drug-likeness (QED) is 0.780. The van der Waals surface area contributed by atoms with Gasteiger partial charge in [0.2, 0.25) is 0 Å². The average Bonchev–Trinajstić information content (AvgIpc) is 2.80. The smallest absolute Gasteiger partial charge is 0.279 e. The molecule has 2 aromatic heterocycles. The topological polar surface area (TPSA) is 101 Å². The Morgan fingerprint density at radius 1 is 1.52 bits per heavy atom. The van der Waals surface area contributed by atoms with Gasteiger partial charge in [-0.1, -0.05) is 0 Å².